The van der Waals surface area contributed by atoms with Crippen LogP contribution in [0.2, 0.25) is 0 Å². The summed E-state index contributed by atoms with van der Waals surface area (Å²) in [6.07, 6.45) is 51.3. The molecule has 8 fully saturated rings. The van der Waals surface area contributed by atoms with E-state index in [-0.39, 0.29) is 0 Å². The molecule has 102 heavy (non-hydrogen) atoms. The zero-order chi connectivity index (χ0) is 75.1. The van der Waals surface area contributed by atoms with E-state index >= 15 is 0 Å². The third kappa shape index (κ3) is 44.7. The summed E-state index contributed by atoms with van der Waals surface area (Å²) in [5.74, 6) is 12.4. The Hall–Kier alpha value is -2.50. The average molecular weight is 1410 g/mol. The maximum absolute atomic E-state index is 2.62. The van der Waals surface area contributed by atoms with Crippen molar-refractivity contribution < 1.29 is 0 Å². The van der Waals surface area contributed by atoms with Gasteiger partial charge in [-0.1, -0.05) is 359 Å². The van der Waals surface area contributed by atoms with Crippen LogP contribution in [0.5, 0.6) is 0 Å². The summed E-state index contributed by atoms with van der Waals surface area (Å²) in [5.41, 5.74) is 8.47. The molecule has 3 aromatic rings. The molecule has 2 heterocycles. The minimum atomic E-state index is 0.980. The maximum atomic E-state index is 2.62. The Labute approximate surface area is 641 Å². The van der Waals surface area contributed by atoms with E-state index in [1.165, 1.54) is 298 Å². The minimum absolute atomic E-state index is 0.980. The molecule has 6 atom stereocenters. The summed E-state index contributed by atoms with van der Waals surface area (Å²) in [4.78, 5) is 10.4. The topological polar surface area (TPSA) is 13.0 Å². The molecule has 4 nitrogen and oxygen atoms in total. The van der Waals surface area contributed by atoms with Crippen molar-refractivity contribution in [3.63, 3.8) is 0 Å². The van der Waals surface area contributed by atoms with Crippen LogP contribution in [0.3, 0.4) is 0 Å². The number of nitrogens with zero attached hydrogens (tertiary/aromatic N) is 4. The van der Waals surface area contributed by atoms with Crippen molar-refractivity contribution in [3.8, 4) is 0 Å². The summed E-state index contributed by atoms with van der Waals surface area (Å²) in [6.45, 7) is 60.8. The van der Waals surface area contributed by atoms with Gasteiger partial charge in [0, 0.05) is 52.4 Å². The lowest BCUT2D eigenvalue weighted by Crippen LogP contribution is -2.46. The monoisotopic (exact) mass is 1410 g/mol. The second kappa shape index (κ2) is 61.4. The highest BCUT2D eigenvalue weighted by atomic mass is 15.3. The van der Waals surface area contributed by atoms with Crippen LogP contribution >= 0.6 is 0 Å². The summed E-state index contributed by atoms with van der Waals surface area (Å²) in [6, 6.07) is 26.7. The number of unbranched alkanes of at least 4 members (excludes halogenated alkanes) is 2. The lowest BCUT2D eigenvalue weighted by Gasteiger charge is -2.37. The number of hydrogen-bond donors (Lipinski definition) is 0. The zero-order valence-electron chi connectivity index (χ0n) is 72.6. The molecule has 0 aromatic heterocycles. The predicted octanol–water partition coefficient (Wildman–Crippen LogP) is 28.2. The van der Waals surface area contributed by atoms with Crippen LogP contribution in [0.1, 0.15) is 371 Å². The van der Waals surface area contributed by atoms with E-state index < -0.39 is 0 Å². The number of rotatable bonds is 20. The Morgan fingerprint density at radius 2 is 0.500 bits per heavy atom. The zero-order valence-corrected chi connectivity index (χ0v) is 72.6. The summed E-state index contributed by atoms with van der Waals surface area (Å²) in [7, 11) is 0. The highest BCUT2D eigenvalue weighted by molar-refractivity contribution is 5.30. The molecule has 4 heteroatoms. The van der Waals surface area contributed by atoms with Gasteiger partial charge in [0.1, 0.15) is 0 Å². The van der Waals surface area contributed by atoms with Crippen LogP contribution in [-0.2, 0) is 32.1 Å². The molecule has 0 radical (unpaired) electrons. The fourth-order valence-electron chi connectivity index (χ4n) is 17.2. The quantitative estimate of drug-likeness (QED) is 0.112. The minimum Gasteiger partial charge on any atom is -0.301 e. The molecule has 3 aromatic carbocycles. The molecule has 0 bridgehead atoms. The van der Waals surface area contributed by atoms with Gasteiger partial charge in [-0.05, 0) is 214 Å². The molecule has 6 aliphatic carbocycles. The molecule has 6 unspecified atom stereocenters. The first kappa shape index (κ1) is 95.6. The molecule has 2 aliphatic heterocycles. The Bertz CT molecular complexity index is 2100. The second-order valence-electron chi connectivity index (χ2n) is 34.2. The molecule has 6 saturated carbocycles. The van der Waals surface area contributed by atoms with Crippen LogP contribution in [0.15, 0.2) is 72.8 Å². The Morgan fingerprint density at radius 1 is 0.255 bits per heavy atom. The van der Waals surface area contributed by atoms with Crippen LogP contribution < -0.4 is 0 Å². The Balaban J connectivity index is 0.000000400. The first-order valence-electron chi connectivity index (χ1n) is 45.6. The van der Waals surface area contributed by atoms with E-state index in [0.717, 1.165) is 103 Å². The van der Waals surface area contributed by atoms with Gasteiger partial charge >= 0.3 is 0 Å². The van der Waals surface area contributed by atoms with Crippen LogP contribution in [0.4, 0.5) is 0 Å². The lowest BCUT2D eigenvalue weighted by atomic mass is 9.68. The fraction of sp³-hybridized carbons (Fsp3) is 0.816. The molecule has 8 aliphatic rings. The highest BCUT2D eigenvalue weighted by Crippen LogP contribution is 2.42. The predicted molar refractivity (Wildman–Crippen MR) is 461 cm³/mol. The normalized spacial score (nSPS) is 25.6. The van der Waals surface area contributed by atoms with Gasteiger partial charge in [0.05, 0.1) is 0 Å². The first-order valence-corrected chi connectivity index (χ1v) is 45.6. The molecule has 11 rings (SSSR count). The average Bonchev–Trinajstić information content (AvgIpc) is 0.938. The van der Waals surface area contributed by atoms with Crippen LogP contribution in [0, 0.1) is 71.0 Å². The molecule has 0 N–H and O–H groups in total. The van der Waals surface area contributed by atoms with E-state index in [1.807, 2.05) is 27.7 Å². The fourth-order valence-corrected chi connectivity index (χ4v) is 17.2. The Kier molecular flexibility index (Phi) is 57.5. The summed E-state index contributed by atoms with van der Waals surface area (Å²) in [5, 5.41) is 0. The van der Waals surface area contributed by atoms with Crippen molar-refractivity contribution in [1.29, 1.82) is 0 Å². The SMILES string of the molecule is CC.CC.CC1CCC(CC2CCC(C)C(C)C2)CC1C.CC1CCC(CC2CCC(C)CC2)CC1.CC1CCCC1.CC1CCCCC1.CCCCN1CCN(CCCC)CC1.CCCN1CCN(CCC)CC1.CCc1ccc(CC)cc1.CCc1ccc(Cc2ccc(CC)cc2)cc1. The smallest absolute Gasteiger partial charge is 0.0110 e. The van der Waals surface area contributed by atoms with Crippen molar-refractivity contribution in [2.24, 2.45) is 71.0 Å². The van der Waals surface area contributed by atoms with E-state index in [4.69, 9.17) is 0 Å². The van der Waals surface area contributed by atoms with Crippen molar-refractivity contribution in [2.45, 2.75) is 370 Å². The van der Waals surface area contributed by atoms with Gasteiger partial charge in [0.25, 0.3) is 0 Å². The van der Waals surface area contributed by atoms with Crippen LogP contribution in [0.25, 0.3) is 0 Å². The third-order valence-electron chi connectivity index (χ3n) is 25.3. The van der Waals surface area contributed by atoms with Gasteiger partial charge in [-0.2, -0.15) is 0 Å². The van der Waals surface area contributed by atoms with Gasteiger partial charge in [-0.25, -0.2) is 0 Å². The number of hydrogen-bond acceptors (Lipinski definition) is 4. The van der Waals surface area contributed by atoms with Crippen molar-refractivity contribution in [2.75, 3.05) is 78.5 Å². The van der Waals surface area contributed by atoms with Gasteiger partial charge in [0.15, 0.2) is 0 Å². The molecular weight excluding hydrogens is 1230 g/mol. The summed E-state index contributed by atoms with van der Waals surface area (Å²) < 4.78 is 0. The van der Waals surface area contributed by atoms with Gasteiger partial charge in [-0.15, -0.1) is 0 Å². The van der Waals surface area contributed by atoms with E-state index in [0.29, 0.717) is 0 Å². The highest BCUT2D eigenvalue weighted by Gasteiger charge is 2.31. The van der Waals surface area contributed by atoms with Crippen molar-refractivity contribution in [3.05, 3.63) is 106 Å². The Morgan fingerprint density at radius 3 is 0.735 bits per heavy atom. The van der Waals surface area contributed by atoms with Crippen molar-refractivity contribution >= 4 is 0 Å². The van der Waals surface area contributed by atoms with Gasteiger partial charge in [-0.3, -0.25) is 0 Å². The largest absolute Gasteiger partial charge is 0.301 e. The summed E-state index contributed by atoms with van der Waals surface area (Å²) >= 11 is 0. The number of benzene rings is 3. The molecule has 2 saturated heterocycles. The number of piperazine rings is 2. The van der Waals surface area contributed by atoms with E-state index in [9.17, 15) is 0 Å². The van der Waals surface area contributed by atoms with Crippen molar-refractivity contribution in [1.82, 2.24) is 19.6 Å². The van der Waals surface area contributed by atoms with Crippen LogP contribution in [-0.4, -0.2) is 98.1 Å². The second-order valence-corrected chi connectivity index (χ2v) is 34.2. The van der Waals surface area contributed by atoms with E-state index in [2.05, 4.69) is 203 Å². The third-order valence-corrected chi connectivity index (χ3v) is 25.3. The van der Waals surface area contributed by atoms with Gasteiger partial charge in [0.2, 0.25) is 0 Å². The molecule has 592 valence electrons. The number of aryl methyl sites for hydroxylation is 4. The molecular formula is C98H180N4. The molecule has 0 spiro atoms. The molecule has 0 amide bonds. The standard InChI is InChI=1S/C17H32.C17H20.C15H28.C12H26N2.C10H22N2.C10H14.C7H14.C6H12.2C2H6/c1-12-5-7-16(9-14(12)3)11-17-8-6-13(2)15(4)10-17;1-3-14-5-9-16(10-6-14)13-17-11-7-15(4-2)8-12-17;1-12-3-7-14(8-4-12)11-15-9-5-13(2)6-10-15;1-3-5-7-13-9-11-14(12-10-13)8-6-4-2;1-3-5-11-7-9-12(6-4-2)10-8-11;1-3-9-5-7-10(4-2)8-6-9;1-7-5-3-2-4-6-7;1-6-4-2-3-5-6;2*1-2/h12-17H,5-11H2,1-4H3;5-12H,3-4,13H2,1-2H3;12-15H,3-11H2,1-2H3;3-12H2,1-2H3;3-10H2,1-2H3;5-8H,3-4H2,1-2H3;7H,2-6H2,1H3;6H,2-5H2,1H3;2*1-2H3. The first-order chi connectivity index (χ1) is 49.5. The lowest BCUT2D eigenvalue weighted by molar-refractivity contribution is 0.130. The van der Waals surface area contributed by atoms with E-state index in [1.54, 1.807) is 12.8 Å². The maximum Gasteiger partial charge on any atom is 0.0110 e. The van der Waals surface area contributed by atoms with Gasteiger partial charge < -0.3 is 19.6 Å².